The van der Waals surface area contributed by atoms with Crippen LogP contribution in [-0.4, -0.2) is 23.2 Å². The Hall–Kier alpha value is -1.62. The molecular weight excluding hydrogens is 244 g/mol. The molecule has 0 radical (unpaired) electrons. The summed E-state index contributed by atoms with van der Waals surface area (Å²) < 4.78 is 6.95. The second kappa shape index (κ2) is 5.57. The maximum absolute atomic E-state index is 12.3. The van der Waals surface area contributed by atoms with Crippen molar-refractivity contribution in [2.24, 2.45) is 13.0 Å². The number of pyridine rings is 1. The van der Waals surface area contributed by atoms with E-state index in [4.69, 9.17) is 4.74 Å². The molecule has 2 atom stereocenters. The fourth-order valence-electron chi connectivity index (χ4n) is 2.36. The summed E-state index contributed by atoms with van der Waals surface area (Å²) in [6, 6.07) is 1.82. The minimum atomic E-state index is -0.183. The first-order chi connectivity index (χ1) is 9.00. The van der Waals surface area contributed by atoms with Gasteiger partial charge in [0.1, 0.15) is 5.69 Å². The highest BCUT2D eigenvalue weighted by atomic mass is 16.5. The van der Waals surface area contributed by atoms with Crippen LogP contribution in [0.2, 0.25) is 0 Å². The van der Waals surface area contributed by atoms with E-state index in [9.17, 15) is 9.59 Å². The number of aromatic nitrogens is 1. The van der Waals surface area contributed by atoms with E-state index in [0.717, 1.165) is 18.4 Å². The number of carbonyl (C=O) groups excluding carboxylic acids is 1. The van der Waals surface area contributed by atoms with Crippen molar-refractivity contribution in [3.8, 4) is 0 Å². The normalized spacial score (nSPS) is 23.1. The fourth-order valence-corrected chi connectivity index (χ4v) is 2.36. The van der Waals surface area contributed by atoms with Gasteiger partial charge < -0.3 is 14.6 Å². The molecule has 1 fully saturated rings. The lowest BCUT2D eigenvalue weighted by Crippen LogP contribution is -2.38. The van der Waals surface area contributed by atoms with Crippen LogP contribution in [0.1, 0.15) is 25.3 Å². The van der Waals surface area contributed by atoms with E-state index in [-0.39, 0.29) is 23.5 Å². The molecule has 2 heterocycles. The smallest absolute Gasteiger partial charge is 0.274 e. The molecule has 104 valence electrons. The van der Waals surface area contributed by atoms with E-state index in [2.05, 4.69) is 5.32 Å². The van der Waals surface area contributed by atoms with E-state index >= 15 is 0 Å². The summed E-state index contributed by atoms with van der Waals surface area (Å²) in [7, 11) is 1.67. The Labute approximate surface area is 112 Å². The van der Waals surface area contributed by atoms with E-state index < -0.39 is 0 Å². The summed E-state index contributed by atoms with van der Waals surface area (Å²) >= 11 is 0. The van der Waals surface area contributed by atoms with Crippen molar-refractivity contribution < 1.29 is 9.53 Å². The molecule has 0 aliphatic carbocycles. The van der Waals surface area contributed by atoms with Gasteiger partial charge in [-0.3, -0.25) is 9.59 Å². The van der Waals surface area contributed by atoms with Gasteiger partial charge >= 0.3 is 0 Å². The molecule has 5 heteroatoms. The lowest BCUT2D eigenvalue weighted by Gasteiger charge is -2.28. The molecule has 1 aliphatic heterocycles. The Balaban J connectivity index is 2.19. The van der Waals surface area contributed by atoms with E-state index in [1.165, 1.54) is 4.57 Å². The SMILES string of the molecule is Cc1ccn(C)c(=O)c1NC(=O)[C@H]1CCCO[C@H]1C. The van der Waals surface area contributed by atoms with Crippen molar-refractivity contribution >= 4 is 11.6 Å². The predicted molar refractivity (Wildman–Crippen MR) is 73.2 cm³/mol. The molecule has 1 N–H and O–H groups in total. The fraction of sp³-hybridized carbons (Fsp3) is 0.571. The van der Waals surface area contributed by atoms with Gasteiger partial charge in [-0.2, -0.15) is 0 Å². The molecule has 1 saturated heterocycles. The van der Waals surface area contributed by atoms with Gasteiger partial charge in [-0.25, -0.2) is 0 Å². The Morgan fingerprint density at radius 2 is 2.26 bits per heavy atom. The standard InChI is InChI=1S/C14H20N2O3/c1-9-6-7-16(3)14(18)12(9)15-13(17)11-5-4-8-19-10(11)2/h6-7,10-11H,4-5,8H2,1-3H3,(H,15,17)/t10-,11-/m0/s1. The van der Waals surface area contributed by atoms with Crippen molar-refractivity contribution in [1.82, 2.24) is 4.57 Å². The quantitative estimate of drug-likeness (QED) is 0.879. The minimum Gasteiger partial charge on any atom is -0.378 e. The highest BCUT2D eigenvalue weighted by molar-refractivity contribution is 5.93. The summed E-state index contributed by atoms with van der Waals surface area (Å²) in [6.07, 6.45) is 3.29. The molecule has 0 spiro atoms. The third-order valence-corrected chi connectivity index (χ3v) is 3.67. The van der Waals surface area contributed by atoms with Crippen molar-refractivity contribution in [3.63, 3.8) is 0 Å². The van der Waals surface area contributed by atoms with Crippen LogP contribution in [0.25, 0.3) is 0 Å². The number of nitrogens with one attached hydrogen (secondary N) is 1. The summed E-state index contributed by atoms with van der Waals surface area (Å²) in [4.78, 5) is 24.3. The largest absolute Gasteiger partial charge is 0.378 e. The number of aryl methyl sites for hydroxylation is 2. The minimum absolute atomic E-state index is 0.0957. The number of anilines is 1. The zero-order valence-electron chi connectivity index (χ0n) is 11.6. The van der Waals surface area contributed by atoms with Crippen LogP contribution >= 0.6 is 0 Å². The number of hydrogen-bond acceptors (Lipinski definition) is 3. The first-order valence-corrected chi connectivity index (χ1v) is 6.59. The van der Waals surface area contributed by atoms with Gasteiger partial charge in [-0.15, -0.1) is 0 Å². The van der Waals surface area contributed by atoms with Crippen LogP contribution in [0, 0.1) is 12.8 Å². The molecule has 19 heavy (non-hydrogen) atoms. The zero-order valence-corrected chi connectivity index (χ0v) is 11.6. The number of ether oxygens (including phenoxy) is 1. The van der Waals surface area contributed by atoms with Gasteiger partial charge in [0, 0.05) is 19.9 Å². The van der Waals surface area contributed by atoms with Crippen LogP contribution < -0.4 is 10.9 Å². The van der Waals surface area contributed by atoms with Crippen LogP contribution in [0.4, 0.5) is 5.69 Å². The van der Waals surface area contributed by atoms with Gasteiger partial charge in [0.25, 0.3) is 5.56 Å². The molecule has 0 unspecified atom stereocenters. The van der Waals surface area contributed by atoms with Crippen molar-refractivity contribution in [1.29, 1.82) is 0 Å². The molecule has 0 saturated carbocycles. The van der Waals surface area contributed by atoms with Gasteiger partial charge in [-0.05, 0) is 38.3 Å². The maximum atomic E-state index is 12.3. The highest BCUT2D eigenvalue weighted by Gasteiger charge is 2.29. The Morgan fingerprint density at radius 3 is 2.95 bits per heavy atom. The molecule has 5 nitrogen and oxygen atoms in total. The average molecular weight is 264 g/mol. The topological polar surface area (TPSA) is 60.3 Å². The van der Waals surface area contributed by atoms with Crippen LogP contribution in [0.3, 0.4) is 0 Å². The van der Waals surface area contributed by atoms with E-state index in [1.807, 2.05) is 19.9 Å². The van der Waals surface area contributed by atoms with Crippen molar-refractivity contribution in [2.75, 3.05) is 11.9 Å². The van der Waals surface area contributed by atoms with Gasteiger partial charge in [-0.1, -0.05) is 0 Å². The zero-order chi connectivity index (χ0) is 14.0. The monoisotopic (exact) mass is 264 g/mol. The Kier molecular flexibility index (Phi) is 4.04. The third kappa shape index (κ3) is 2.87. The van der Waals surface area contributed by atoms with Crippen LogP contribution in [0.5, 0.6) is 0 Å². The number of hydrogen-bond donors (Lipinski definition) is 1. The summed E-state index contributed by atoms with van der Waals surface area (Å²) in [6.45, 7) is 4.42. The highest BCUT2D eigenvalue weighted by Crippen LogP contribution is 2.22. The van der Waals surface area contributed by atoms with Gasteiger partial charge in [0.15, 0.2) is 0 Å². The molecular formula is C14H20N2O3. The van der Waals surface area contributed by atoms with Crippen molar-refractivity contribution in [3.05, 3.63) is 28.2 Å². The lowest BCUT2D eigenvalue weighted by molar-refractivity contribution is -0.127. The van der Waals surface area contributed by atoms with Crippen LogP contribution in [0.15, 0.2) is 17.1 Å². The van der Waals surface area contributed by atoms with E-state index in [1.54, 1.807) is 13.2 Å². The van der Waals surface area contributed by atoms with Crippen molar-refractivity contribution in [2.45, 2.75) is 32.8 Å². The molecule has 1 amide bonds. The van der Waals surface area contributed by atoms with Gasteiger partial charge in [0.2, 0.25) is 5.91 Å². The first-order valence-electron chi connectivity index (χ1n) is 6.59. The molecule has 0 aromatic carbocycles. The third-order valence-electron chi connectivity index (χ3n) is 3.67. The summed E-state index contributed by atoms with van der Waals surface area (Å²) in [5, 5.41) is 2.77. The molecule has 1 aliphatic rings. The van der Waals surface area contributed by atoms with Gasteiger partial charge in [0.05, 0.1) is 12.0 Å². The number of rotatable bonds is 2. The first kappa shape index (κ1) is 13.8. The van der Waals surface area contributed by atoms with E-state index in [0.29, 0.717) is 12.3 Å². The predicted octanol–water partition coefficient (Wildman–Crippen LogP) is 1.45. The Morgan fingerprint density at radius 1 is 1.53 bits per heavy atom. The second-order valence-corrected chi connectivity index (χ2v) is 5.10. The maximum Gasteiger partial charge on any atom is 0.274 e. The van der Waals surface area contributed by atoms with Crippen LogP contribution in [-0.2, 0) is 16.6 Å². The average Bonchev–Trinajstić information content (AvgIpc) is 2.39. The molecule has 1 aromatic heterocycles. The molecule has 2 rings (SSSR count). The molecule has 0 bridgehead atoms. The molecule has 1 aromatic rings. The summed E-state index contributed by atoms with van der Waals surface area (Å²) in [5.74, 6) is -0.309. The lowest BCUT2D eigenvalue weighted by atomic mass is 9.94. The Bertz CT molecular complexity index is 536. The number of amides is 1. The number of nitrogens with zero attached hydrogens (tertiary/aromatic N) is 1. The summed E-state index contributed by atoms with van der Waals surface area (Å²) in [5.41, 5.74) is 0.964. The second-order valence-electron chi connectivity index (χ2n) is 5.10. The number of carbonyl (C=O) groups is 1.